The molecule has 59 heavy (non-hydrogen) atoms. The van der Waals surface area contributed by atoms with E-state index in [1.54, 1.807) is 12.3 Å². The second-order valence-electron chi connectivity index (χ2n) is 17.3. The smallest absolute Gasteiger partial charge is 0.248 e. The maximum atomic E-state index is 15.1. The number of aromatic nitrogens is 1. The van der Waals surface area contributed by atoms with Crippen molar-refractivity contribution in [3.05, 3.63) is 83.7 Å². The summed E-state index contributed by atoms with van der Waals surface area (Å²) in [5, 5.41) is 20.2. The number of aliphatic hydroxyl groups excluding tert-OH is 1. The van der Waals surface area contributed by atoms with Crippen LogP contribution in [-0.4, -0.2) is 96.2 Å². The molecule has 1 aliphatic carbocycles. The van der Waals surface area contributed by atoms with Crippen molar-refractivity contribution in [1.82, 2.24) is 25.4 Å². The lowest BCUT2D eigenvalue weighted by Gasteiger charge is -2.41. The minimum Gasteiger partial charge on any atom is -0.797 e. The molecule has 0 bridgehead atoms. The molecular weight excluding hydrogens is 884 g/mol. The average molecular weight is 946 g/mol. The van der Waals surface area contributed by atoms with Gasteiger partial charge in [-0.05, 0) is 54.5 Å². The molecule has 1 aromatic heterocycles. The fourth-order valence-corrected chi connectivity index (χ4v) is 10.7. The number of nitrogens with zero attached hydrogens (tertiary/aromatic N) is 2. The number of halogens is 3. The third-order valence-electron chi connectivity index (χ3n) is 10.8. The van der Waals surface area contributed by atoms with Crippen molar-refractivity contribution in [1.29, 1.82) is 0 Å². The van der Waals surface area contributed by atoms with Crippen LogP contribution in [0, 0.1) is 23.0 Å². The monoisotopic (exact) mass is 945 g/mol. The van der Waals surface area contributed by atoms with E-state index in [2.05, 4.69) is 52.4 Å². The molecule has 1 aliphatic rings. The van der Waals surface area contributed by atoms with Crippen LogP contribution in [0.3, 0.4) is 0 Å². The van der Waals surface area contributed by atoms with Gasteiger partial charge in [0.05, 0.1) is 18.0 Å². The summed E-state index contributed by atoms with van der Waals surface area (Å²) in [6, 6.07) is 12.5. The number of rotatable bonds is 21. The Balaban J connectivity index is 1.43. The Morgan fingerprint density at radius 1 is 1.02 bits per heavy atom. The lowest BCUT2D eigenvalue weighted by molar-refractivity contribution is -0.367. The van der Waals surface area contributed by atoms with Gasteiger partial charge >= 0.3 is 0 Å². The number of benzene rings is 2. The summed E-state index contributed by atoms with van der Waals surface area (Å²) in [7, 11) is 0. The number of nitrogens with one attached hydrogen (secondary N) is 3. The van der Waals surface area contributed by atoms with E-state index in [0.717, 1.165) is 34.6 Å². The van der Waals surface area contributed by atoms with E-state index in [4.69, 9.17) is 5.73 Å². The van der Waals surface area contributed by atoms with Crippen molar-refractivity contribution in [2.24, 2.45) is 17.1 Å². The van der Waals surface area contributed by atoms with Gasteiger partial charge in [-0.25, -0.2) is 8.78 Å². The molecular formula is C44H61AlF2IN6O5-. The van der Waals surface area contributed by atoms with Crippen LogP contribution in [0.2, 0.25) is 9.56 Å². The summed E-state index contributed by atoms with van der Waals surface area (Å²) in [6.45, 7) is 10.3. The Hall–Kier alpha value is -3.36. The molecule has 6 N–H and O–H groups in total. The standard InChI is InChI=1S/C41H55F2N6O5.C3H6I.Al/c1-26(2)20-36(51)45-17-18-46-39(53)30-12-9-13-34(30)47-40(54)33(44)16-19-49(37(52)25-50)38(41(3,4)5)35-21-28(31-22-29(42)14-15-32(31)43)24-48(35)23-27-10-7-6-8-11-27;1-2-3-4;/h6-8,10-11,14-15,21-22,24,30,33-34,38,50H,9,12-13,16-20,23,25,44H2,1-5H3,(H,45,51)(H,46,53)(H,47,54);1-3H2;/q;-1;/t30-,33+,34+,38+;;/m1../s1. The molecule has 0 aliphatic heterocycles. The van der Waals surface area contributed by atoms with Gasteiger partial charge in [0.1, 0.15) is 18.2 Å². The molecule has 1 fully saturated rings. The number of alkyl halides is 1. The Morgan fingerprint density at radius 2 is 1.73 bits per heavy atom. The topological polar surface area (TPSA) is 159 Å². The number of carbonyl (C=O) groups is 4. The third kappa shape index (κ3) is 14.4. The van der Waals surface area contributed by atoms with Crippen molar-refractivity contribution >= 4 is 38.8 Å². The summed E-state index contributed by atoms with van der Waals surface area (Å²) in [5.74, 6) is -2.88. The molecule has 3 aromatic rings. The summed E-state index contributed by atoms with van der Waals surface area (Å²) in [4.78, 5) is 54.4. The third-order valence-corrected chi connectivity index (χ3v) is 13.6. The van der Waals surface area contributed by atoms with Crippen LogP contribution in [0.4, 0.5) is 8.78 Å². The highest BCUT2D eigenvalue weighted by atomic mass is 127. The Morgan fingerprint density at radius 3 is 2.41 bits per heavy atom. The number of carbonyl (C=O) groups excluding carboxylic acids is 4. The second kappa shape index (κ2) is 22.5. The normalized spacial score (nSPS) is 16.6. The number of nitrogens with two attached hydrogens (primary N) is 1. The minimum absolute atomic E-state index is 0.00727. The fourth-order valence-electron chi connectivity index (χ4n) is 7.88. The molecule has 0 saturated heterocycles. The molecule has 1 saturated carbocycles. The highest BCUT2D eigenvalue weighted by molar-refractivity contribution is 6.40. The first-order chi connectivity index (χ1) is 27.9. The van der Waals surface area contributed by atoms with E-state index in [1.165, 1.54) is 16.6 Å². The van der Waals surface area contributed by atoms with Gasteiger partial charge in [-0.3, -0.25) is 19.2 Å². The van der Waals surface area contributed by atoms with E-state index < -0.39 is 59.5 Å². The van der Waals surface area contributed by atoms with Crippen LogP contribution in [0.1, 0.15) is 90.4 Å². The predicted molar refractivity (Wildman–Crippen MR) is 223 cm³/mol. The average Bonchev–Trinajstić information content (AvgIpc) is 3.82. The zero-order valence-electron chi connectivity index (χ0n) is 35.0. The molecule has 4 amide bonds. The van der Waals surface area contributed by atoms with Gasteiger partial charge < -0.3 is 58.8 Å². The van der Waals surface area contributed by atoms with Gasteiger partial charge in [0.15, 0.2) is 0 Å². The van der Waals surface area contributed by atoms with Crippen LogP contribution in [0.15, 0.2) is 60.8 Å². The molecule has 15 heteroatoms. The van der Waals surface area contributed by atoms with Gasteiger partial charge in [0.25, 0.3) is 0 Å². The number of aliphatic hydroxyl groups is 1. The van der Waals surface area contributed by atoms with E-state index in [1.807, 2.05) is 55.7 Å². The molecule has 4 rings (SSSR count). The van der Waals surface area contributed by atoms with Crippen molar-refractivity contribution in [2.75, 3.05) is 30.7 Å². The summed E-state index contributed by atoms with van der Waals surface area (Å²) < 4.78 is 32.5. The molecule has 2 radical (unpaired) electrons. The quantitative estimate of drug-likeness (QED) is 0.0478. The summed E-state index contributed by atoms with van der Waals surface area (Å²) >= 11 is 2.54. The zero-order valence-corrected chi connectivity index (χ0v) is 38.4. The number of hydrogen-bond acceptors (Lipinski definition) is 6. The highest BCUT2D eigenvalue weighted by Crippen LogP contribution is 2.41. The van der Waals surface area contributed by atoms with Crippen LogP contribution in [0.25, 0.3) is 11.1 Å². The molecule has 0 spiro atoms. The minimum atomic E-state index is -1.04. The SMILES string of the molecule is C[C](C)(CC(=O)NCCNC(=O)[C@@H]1CCC[C@@H]1NC(=O)[C@@H](N)CCN(C(=O)CO)[C@@H](c1cc(-c2cc(F)ccc2F)cn1Cc1ccccc1)C(C)(C)C)[Al][CH2]CC[I-]. The highest BCUT2D eigenvalue weighted by Gasteiger charge is 2.38. The Labute approximate surface area is 367 Å². The van der Waals surface area contributed by atoms with Gasteiger partial charge in [-0.15, -0.1) is 5.28 Å². The molecule has 2 aromatic carbocycles. The van der Waals surface area contributed by atoms with Crippen LogP contribution in [0.5, 0.6) is 0 Å². The molecule has 11 nitrogen and oxygen atoms in total. The second-order valence-corrected chi connectivity index (χ2v) is 20.9. The van der Waals surface area contributed by atoms with Crippen molar-refractivity contribution in [3.63, 3.8) is 0 Å². The van der Waals surface area contributed by atoms with Crippen LogP contribution < -0.4 is 44.3 Å². The number of amides is 4. The zero-order chi connectivity index (χ0) is 43.3. The fraction of sp³-hybridized carbons (Fsp3) is 0.545. The van der Waals surface area contributed by atoms with Crippen LogP contribution >= 0.6 is 0 Å². The molecule has 4 atom stereocenters. The largest absolute Gasteiger partial charge is 0.797 e. The number of hydrogen-bond donors (Lipinski definition) is 5. The van der Waals surface area contributed by atoms with E-state index >= 15 is 4.39 Å². The lowest BCUT2D eigenvalue weighted by atomic mass is 9.82. The van der Waals surface area contributed by atoms with E-state index in [9.17, 15) is 28.7 Å². The van der Waals surface area contributed by atoms with Gasteiger partial charge in [0, 0.05) is 61.7 Å². The van der Waals surface area contributed by atoms with Gasteiger partial charge in [-0.2, -0.15) is 4.43 Å². The first-order valence-electron chi connectivity index (χ1n) is 20.5. The lowest BCUT2D eigenvalue weighted by Crippen LogP contribution is -3.35. The van der Waals surface area contributed by atoms with Crippen molar-refractivity contribution in [3.8, 4) is 11.1 Å². The maximum absolute atomic E-state index is 15.1. The Bertz CT molecular complexity index is 1870. The van der Waals surface area contributed by atoms with Gasteiger partial charge in [-0.1, -0.05) is 82.1 Å². The first kappa shape index (κ1) is 48.3. The maximum Gasteiger partial charge on any atom is 0.248 e. The van der Waals surface area contributed by atoms with Crippen LogP contribution in [-0.2, 0) is 25.7 Å². The summed E-state index contributed by atoms with van der Waals surface area (Å²) in [6.07, 6.45) is 5.37. The van der Waals surface area contributed by atoms with Gasteiger partial charge in [0.2, 0.25) is 38.8 Å². The van der Waals surface area contributed by atoms with E-state index in [-0.39, 0.29) is 56.4 Å². The van der Waals surface area contributed by atoms with E-state index in [0.29, 0.717) is 43.6 Å². The predicted octanol–water partition coefficient (Wildman–Crippen LogP) is 2.28. The van der Waals surface area contributed by atoms with Crippen molar-refractivity contribution < 1.29 is 55.7 Å². The Kier molecular flexibility index (Phi) is 18.4. The molecule has 1 heterocycles. The molecule has 0 unspecified atom stereocenters. The molecule has 322 valence electrons. The van der Waals surface area contributed by atoms with Crippen molar-refractivity contribution in [2.45, 2.75) is 107 Å². The first-order valence-corrected chi connectivity index (χ1v) is 23.5. The summed E-state index contributed by atoms with van der Waals surface area (Å²) in [5.41, 5.74) is 7.90.